The molecule has 0 radical (unpaired) electrons. The minimum Gasteiger partial charge on any atom is -0.311 e. The zero-order valence-electron chi connectivity index (χ0n) is 13.6. The minimum atomic E-state index is 0.305. The summed E-state index contributed by atoms with van der Waals surface area (Å²) in [5.74, 6) is 0. The Kier molecular flexibility index (Phi) is 5.21. The summed E-state index contributed by atoms with van der Waals surface area (Å²) in [5, 5.41) is 5.02. The zero-order chi connectivity index (χ0) is 14.8. The van der Waals surface area contributed by atoms with E-state index in [9.17, 15) is 0 Å². The third-order valence-corrected chi connectivity index (χ3v) is 6.10. The summed E-state index contributed by atoms with van der Waals surface area (Å²) >= 11 is 1.87. The van der Waals surface area contributed by atoms with Crippen LogP contribution in [0.25, 0.3) is 0 Å². The Bertz CT molecular complexity index is 417. The molecule has 0 aliphatic carbocycles. The molecule has 1 aromatic rings. The second-order valence-corrected chi connectivity index (χ2v) is 7.33. The van der Waals surface area contributed by atoms with Crippen LogP contribution in [0, 0.1) is 13.8 Å². The van der Waals surface area contributed by atoms with Gasteiger partial charge in [-0.3, -0.25) is 4.90 Å². The van der Waals surface area contributed by atoms with Gasteiger partial charge in [0, 0.05) is 29.5 Å². The molecule has 0 saturated carbocycles. The predicted molar refractivity (Wildman–Crippen MR) is 87.4 cm³/mol. The Morgan fingerprint density at radius 3 is 2.50 bits per heavy atom. The first-order valence-electron chi connectivity index (χ1n) is 7.96. The number of nitrogens with zero attached hydrogens (tertiary/aromatic N) is 2. The van der Waals surface area contributed by atoms with Gasteiger partial charge in [-0.05, 0) is 33.1 Å². The lowest BCUT2D eigenvalue weighted by Crippen LogP contribution is -2.63. The van der Waals surface area contributed by atoms with E-state index < -0.39 is 0 Å². The lowest BCUT2D eigenvalue weighted by Gasteiger charge is -2.49. The Labute approximate surface area is 127 Å². The average molecular weight is 295 g/mol. The summed E-state index contributed by atoms with van der Waals surface area (Å²) in [4.78, 5) is 8.80. The maximum atomic E-state index is 4.75. The molecule has 4 heteroatoms. The number of piperazine rings is 1. The SMILES string of the molecule is CCC1CN(Cc2nc(C)c(C)s2)C(CC)(CC)CN1. The van der Waals surface area contributed by atoms with E-state index in [0.717, 1.165) is 19.6 Å². The van der Waals surface area contributed by atoms with Crippen molar-refractivity contribution in [1.82, 2.24) is 15.2 Å². The van der Waals surface area contributed by atoms with E-state index in [1.165, 1.54) is 34.8 Å². The molecule has 1 aliphatic rings. The molecule has 0 bridgehead atoms. The van der Waals surface area contributed by atoms with Gasteiger partial charge in [-0.15, -0.1) is 11.3 Å². The number of rotatable bonds is 5. The third kappa shape index (κ3) is 3.07. The largest absolute Gasteiger partial charge is 0.311 e. The Morgan fingerprint density at radius 2 is 2.00 bits per heavy atom. The molecule has 1 N–H and O–H groups in total. The first-order valence-corrected chi connectivity index (χ1v) is 8.77. The fraction of sp³-hybridized carbons (Fsp3) is 0.812. The van der Waals surface area contributed by atoms with E-state index in [2.05, 4.69) is 44.8 Å². The first kappa shape index (κ1) is 15.9. The van der Waals surface area contributed by atoms with Crippen molar-refractivity contribution in [3.63, 3.8) is 0 Å². The van der Waals surface area contributed by atoms with Gasteiger partial charge in [-0.1, -0.05) is 20.8 Å². The highest BCUT2D eigenvalue weighted by atomic mass is 32.1. The molecule has 2 heterocycles. The molecule has 20 heavy (non-hydrogen) atoms. The zero-order valence-corrected chi connectivity index (χ0v) is 14.4. The van der Waals surface area contributed by atoms with Gasteiger partial charge in [-0.2, -0.15) is 0 Å². The highest BCUT2D eigenvalue weighted by Crippen LogP contribution is 2.30. The molecule has 114 valence electrons. The van der Waals surface area contributed by atoms with E-state index in [0.29, 0.717) is 11.6 Å². The van der Waals surface area contributed by atoms with Gasteiger partial charge in [0.15, 0.2) is 0 Å². The van der Waals surface area contributed by atoms with E-state index in [-0.39, 0.29) is 0 Å². The molecule has 2 rings (SSSR count). The number of hydrogen-bond acceptors (Lipinski definition) is 4. The Hall–Kier alpha value is -0.450. The topological polar surface area (TPSA) is 28.2 Å². The maximum absolute atomic E-state index is 4.75. The fourth-order valence-electron chi connectivity index (χ4n) is 3.19. The second kappa shape index (κ2) is 6.54. The van der Waals surface area contributed by atoms with Crippen molar-refractivity contribution in [1.29, 1.82) is 0 Å². The fourth-order valence-corrected chi connectivity index (χ4v) is 4.14. The molecule has 1 atom stereocenters. The molecule has 0 spiro atoms. The lowest BCUT2D eigenvalue weighted by molar-refractivity contribution is 0.0237. The second-order valence-electron chi connectivity index (χ2n) is 6.05. The van der Waals surface area contributed by atoms with Gasteiger partial charge >= 0.3 is 0 Å². The van der Waals surface area contributed by atoms with Gasteiger partial charge in [0.05, 0.1) is 12.2 Å². The predicted octanol–water partition coefficient (Wildman–Crippen LogP) is 3.50. The van der Waals surface area contributed by atoms with Crippen molar-refractivity contribution in [2.45, 2.75) is 72.0 Å². The summed E-state index contributed by atoms with van der Waals surface area (Å²) in [5.41, 5.74) is 1.50. The van der Waals surface area contributed by atoms with Crippen LogP contribution in [0.15, 0.2) is 0 Å². The first-order chi connectivity index (χ1) is 9.54. The Balaban J connectivity index is 2.18. The molecule has 0 aromatic carbocycles. The molecule has 1 saturated heterocycles. The Morgan fingerprint density at radius 1 is 1.30 bits per heavy atom. The monoisotopic (exact) mass is 295 g/mol. The molecule has 3 nitrogen and oxygen atoms in total. The molecule has 1 aliphatic heterocycles. The molecule has 1 fully saturated rings. The average Bonchev–Trinajstić information content (AvgIpc) is 2.77. The van der Waals surface area contributed by atoms with E-state index >= 15 is 0 Å². The van der Waals surface area contributed by atoms with Gasteiger partial charge in [0.2, 0.25) is 0 Å². The standard InChI is InChI=1S/C16H29N3S/c1-6-14-9-19(16(7-2,8-3)11-17-14)10-15-18-12(4)13(5)20-15/h14,17H,6-11H2,1-5H3. The van der Waals surface area contributed by atoms with Crippen LogP contribution in [0.2, 0.25) is 0 Å². The quantitative estimate of drug-likeness (QED) is 0.901. The molecule has 1 aromatic heterocycles. The van der Waals surface area contributed by atoms with Gasteiger partial charge in [0.25, 0.3) is 0 Å². The van der Waals surface area contributed by atoms with Crippen LogP contribution in [0.5, 0.6) is 0 Å². The third-order valence-electron chi connectivity index (χ3n) is 5.04. The highest BCUT2D eigenvalue weighted by molar-refractivity contribution is 7.11. The molecular formula is C16H29N3S. The van der Waals surface area contributed by atoms with E-state index in [1.807, 2.05) is 11.3 Å². The number of nitrogens with one attached hydrogen (secondary N) is 1. The van der Waals surface area contributed by atoms with Crippen molar-refractivity contribution < 1.29 is 0 Å². The number of aromatic nitrogens is 1. The van der Waals surface area contributed by atoms with Crippen molar-refractivity contribution >= 4 is 11.3 Å². The number of aryl methyl sites for hydroxylation is 2. The summed E-state index contributed by atoms with van der Waals surface area (Å²) < 4.78 is 0. The highest BCUT2D eigenvalue weighted by Gasteiger charge is 2.38. The van der Waals surface area contributed by atoms with Crippen LogP contribution in [-0.2, 0) is 6.54 Å². The summed E-state index contributed by atoms with van der Waals surface area (Å²) in [6, 6.07) is 0.628. The van der Waals surface area contributed by atoms with Crippen LogP contribution in [-0.4, -0.2) is 34.6 Å². The van der Waals surface area contributed by atoms with Crippen molar-refractivity contribution in [3.8, 4) is 0 Å². The van der Waals surface area contributed by atoms with Crippen molar-refractivity contribution in [3.05, 3.63) is 15.6 Å². The van der Waals surface area contributed by atoms with Gasteiger partial charge in [-0.25, -0.2) is 4.98 Å². The summed E-state index contributed by atoms with van der Waals surface area (Å²) in [7, 11) is 0. The van der Waals surface area contributed by atoms with Gasteiger partial charge in [0.1, 0.15) is 5.01 Å². The minimum absolute atomic E-state index is 0.305. The van der Waals surface area contributed by atoms with E-state index in [1.54, 1.807) is 0 Å². The maximum Gasteiger partial charge on any atom is 0.107 e. The van der Waals surface area contributed by atoms with Crippen LogP contribution in [0.1, 0.15) is 55.6 Å². The molecular weight excluding hydrogens is 266 g/mol. The summed E-state index contributed by atoms with van der Waals surface area (Å²) in [6.07, 6.45) is 3.61. The molecule has 0 amide bonds. The smallest absolute Gasteiger partial charge is 0.107 e. The van der Waals surface area contributed by atoms with Crippen LogP contribution in [0.4, 0.5) is 0 Å². The molecule has 1 unspecified atom stereocenters. The van der Waals surface area contributed by atoms with Crippen molar-refractivity contribution in [2.24, 2.45) is 0 Å². The van der Waals surface area contributed by atoms with Crippen LogP contribution < -0.4 is 5.32 Å². The number of thiazole rings is 1. The number of hydrogen-bond donors (Lipinski definition) is 1. The summed E-state index contributed by atoms with van der Waals surface area (Å²) in [6.45, 7) is 14.5. The van der Waals surface area contributed by atoms with Gasteiger partial charge < -0.3 is 5.32 Å². The normalized spacial score (nSPS) is 23.1. The lowest BCUT2D eigenvalue weighted by atomic mass is 9.87. The van der Waals surface area contributed by atoms with Crippen molar-refractivity contribution in [2.75, 3.05) is 13.1 Å². The van der Waals surface area contributed by atoms with Crippen LogP contribution in [0.3, 0.4) is 0 Å². The van der Waals surface area contributed by atoms with Crippen LogP contribution >= 0.6 is 11.3 Å². The van der Waals surface area contributed by atoms with E-state index in [4.69, 9.17) is 4.98 Å².